The third-order valence-corrected chi connectivity index (χ3v) is 3.00. The molecule has 0 heterocycles. The summed E-state index contributed by atoms with van der Waals surface area (Å²) in [4.78, 5) is 13.7. The van der Waals surface area contributed by atoms with Gasteiger partial charge < -0.3 is 14.6 Å². The first-order chi connectivity index (χ1) is 8.33. The molecule has 0 bridgehead atoms. The van der Waals surface area contributed by atoms with Crippen molar-refractivity contribution in [2.45, 2.75) is 64.2 Å². The quantitative estimate of drug-likeness (QED) is 0.789. The zero-order chi connectivity index (χ0) is 13.8. The highest BCUT2D eigenvalue weighted by Crippen LogP contribution is 2.24. The van der Waals surface area contributed by atoms with Crippen molar-refractivity contribution in [2.24, 2.45) is 0 Å². The Morgan fingerprint density at radius 1 is 1.28 bits per heavy atom. The molecule has 1 rings (SSSR count). The van der Waals surface area contributed by atoms with Crippen molar-refractivity contribution >= 4 is 6.09 Å². The zero-order valence-corrected chi connectivity index (χ0v) is 11.8. The predicted molar refractivity (Wildman–Crippen MR) is 68.2 cm³/mol. The van der Waals surface area contributed by atoms with Crippen molar-refractivity contribution < 1.29 is 19.4 Å². The first-order valence-electron chi connectivity index (χ1n) is 6.50. The van der Waals surface area contributed by atoms with Gasteiger partial charge in [-0.2, -0.15) is 0 Å². The van der Waals surface area contributed by atoms with E-state index >= 15 is 0 Å². The highest BCUT2D eigenvalue weighted by atomic mass is 16.6. The molecule has 0 aromatic rings. The topological polar surface area (TPSA) is 59.0 Å². The Hall–Kier alpha value is -0.810. The van der Waals surface area contributed by atoms with Crippen LogP contribution < -0.4 is 0 Å². The summed E-state index contributed by atoms with van der Waals surface area (Å²) in [5.41, 5.74) is -0.503. The number of amides is 1. The van der Waals surface area contributed by atoms with E-state index in [1.165, 1.54) is 0 Å². The maximum atomic E-state index is 12.1. The first kappa shape index (κ1) is 15.2. The van der Waals surface area contributed by atoms with E-state index in [1.807, 2.05) is 20.8 Å². The Balaban J connectivity index is 2.61. The van der Waals surface area contributed by atoms with Crippen LogP contribution in [-0.2, 0) is 9.47 Å². The van der Waals surface area contributed by atoms with Gasteiger partial charge in [0.25, 0.3) is 0 Å². The SMILES string of the molecule is COCN(C(=O)OC(C)(C)C)[C@H]1CC[C@H](O)CC1. The van der Waals surface area contributed by atoms with E-state index in [2.05, 4.69) is 0 Å². The fourth-order valence-corrected chi connectivity index (χ4v) is 2.14. The Morgan fingerprint density at radius 3 is 2.28 bits per heavy atom. The molecule has 0 saturated heterocycles. The second-order valence-corrected chi connectivity index (χ2v) is 5.83. The van der Waals surface area contributed by atoms with Crippen LogP contribution in [0.1, 0.15) is 46.5 Å². The third-order valence-electron chi connectivity index (χ3n) is 3.00. The van der Waals surface area contributed by atoms with E-state index < -0.39 is 5.60 Å². The summed E-state index contributed by atoms with van der Waals surface area (Å²) < 4.78 is 10.5. The van der Waals surface area contributed by atoms with E-state index in [1.54, 1.807) is 12.0 Å². The number of hydrogen-bond acceptors (Lipinski definition) is 4. The summed E-state index contributed by atoms with van der Waals surface area (Å²) in [6.07, 6.45) is 2.48. The number of nitrogens with zero attached hydrogens (tertiary/aromatic N) is 1. The smallest absolute Gasteiger partial charge is 0.412 e. The molecule has 5 nitrogen and oxygen atoms in total. The lowest BCUT2D eigenvalue weighted by atomic mass is 9.92. The molecule has 0 aromatic carbocycles. The van der Waals surface area contributed by atoms with Crippen LogP contribution in [0, 0.1) is 0 Å². The Morgan fingerprint density at radius 2 is 1.83 bits per heavy atom. The molecule has 106 valence electrons. The number of hydrogen-bond donors (Lipinski definition) is 1. The highest BCUT2D eigenvalue weighted by molar-refractivity contribution is 5.68. The Kier molecular flexibility index (Phi) is 5.41. The molecule has 1 fully saturated rings. The van der Waals surface area contributed by atoms with Gasteiger partial charge in [-0.1, -0.05) is 0 Å². The highest BCUT2D eigenvalue weighted by Gasteiger charge is 2.31. The second-order valence-electron chi connectivity index (χ2n) is 5.83. The predicted octanol–water partition coefficient (Wildman–Crippen LogP) is 2.13. The minimum atomic E-state index is -0.503. The lowest BCUT2D eigenvalue weighted by Gasteiger charge is -2.36. The molecule has 0 unspecified atom stereocenters. The average molecular weight is 259 g/mol. The lowest BCUT2D eigenvalue weighted by Crippen LogP contribution is -2.46. The summed E-state index contributed by atoms with van der Waals surface area (Å²) in [5, 5.41) is 9.50. The van der Waals surface area contributed by atoms with E-state index in [9.17, 15) is 9.90 Å². The zero-order valence-electron chi connectivity index (χ0n) is 11.8. The minimum Gasteiger partial charge on any atom is -0.444 e. The monoisotopic (exact) mass is 259 g/mol. The van der Waals surface area contributed by atoms with Crippen LogP contribution in [0.15, 0.2) is 0 Å². The van der Waals surface area contributed by atoms with E-state index in [-0.39, 0.29) is 25.0 Å². The van der Waals surface area contributed by atoms with Crippen molar-refractivity contribution in [3.8, 4) is 0 Å². The molecule has 0 radical (unpaired) electrons. The molecule has 0 atom stereocenters. The van der Waals surface area contributed by atoms with Crippen molar-refractivity contribution in [2.75, 3.05) is 13.8 Å². The summed E-state index contributed by atoms with van der Waals surface area (Å²) in [6.45, 7) is 5.77. The molecule has 0 spiro atoms. The summed E-state index contributed by atoms with van der Waals surface area (Å²) in [7, 11) is 1.56. The molecule has 1 aliphatic rings. The normalized spacial score (nSPS) is 24.7. The molecule has 1 aliphatic carbocycles. The van der Waals surface area contributed by atoms with Crippen LogP contribution in [0.25, 0.3) is 0 Å². The van der Waals surface area contributed by atoms with Crippen molar-refractivity contribution in [3.05, 3.63) is 0 Å². The lowest BCUT2D eigenvalue weighted by molar-refractivity contribution is -0.0287. The van der Waals surface area contributed by atoms with Gasteiger partial charge in [0.05, 0.1) is 6.10 Å². The van der Waals surface area contributed by atoms with Crippen LogP contribution in [0.4, 0.5) is 4.79 Å². The van der Waals surface area contributed by atoms with Crippen molar-refractivity contribution in [1.29, 1.82) is 0 Å². The molecular formula is C13H25NO4. The van der Waals surface area contributed by atoms with Gasteiger partial charge in [-0.05, 0) is 46.5 Å². The largest absolute Gasteiger partial charge is 0.444 e. The fraction of sp³-hybridized carbons (Fsp3) is 0.923. The number of aliphatic hydroxyl groups is 1. The van der Waals surface area contributed by atoms with Gasteiger partial charge in [0.15, 0.2) is 0 Å². The number of ether oxygens (including phenoxy) is 2. The van der Waals surface area contributed by atoms with Crippen LogP contribution in [0.2, 0.25) is 0 Å². The van der Waals surface area contributed by atoms with Gasteiger partial charge in [0, 0.05) is 13.2 Å². The summed E-state index contributed by atoms with van der Waals surface area (Å²) >= 11 is 0. The van der Waals surface area contributed by atoms with Gasteiger partial charge in [0.1, 0.15) is 12.3 Å². The molecule has 0 aromatic heterocycles. The summed E-state index contributed by atoms with van der Waals surface area (Å²) in [5.74, 6) is 0. The van der Waals surface area contributed by atoms with Crippen LogP contribution in [-0.4, -0.2) is 47.7 Å². The van der Waals surface area contributed by atoms with Gasteiger partial charge in [0.2, 0.25) is 0 Å². The van der Waals surface area contributed by atoms with Gasteiger partial charge in [-0.3, -0.25) is 4.90 Å². The van der Waals surface area contributed by atoms with Crippen LogP contribution >= 0.6 is 0 Å². The molecular weight excluding hydrogens is 234 g/mol. The van der Waals surface area contributed by atoms with E-state index in [4.69, 9.17) is 9.47 Å². The van der Waals surface area contributed by atoms with Crippen molar-refractivity contribution in [3.63, 3.8) is 0 Å². The van der Waals surface area contributed by atoms with Crippen LogP contribution in [0.3, 0.4) is 0 Å². The molecule has 5 heteroatoms. The summed E-state index contributed by atoms with van der Waals surface area (Å²) in [6, 6.07) is 0.100. The molecule has 1 N–H and O–H groups in total. The number of carbonyl (C=O) groups is 1. The number of aliphatic hydroxyl groups excluding tert-OH is 1. The number of carbonyl (C=O) groups excluding carboxylic acids is 1. The van der Waals surface area contributed by atoms with Crippen molar-refractivity contribution in [1.82, 2.24) is 4.90 Å². The number of methoxy groups -OCH3 is 1. The fourth-order valence-electron chi connectivity index (χ4n) is 2.14. The van der Waals surface area contributed by atoms with E-state index in [0.717, 1.165) is 25.7 Å². The molecule has 18 heavy (non-hydrogen) atoms. The molecule has 1 amide bonds. The third kappa shape index (κ3) is 4.82. The standard InChI is InChI=1S/C13H25NO4/c1-13(2,3)18-12(16)14(9-17-4)10-5-7-11(15)8-6-10/h10-11,15H,5-9H2,1-4H3/t10-,11-. The molecule has 0 aliphatic heterocycles. The van der Waals surface area contributed by atoms with Gasteiger partial charge >= 0.3 is 6.09 Å². The Labute approximate surface area is 109 Å². The van der Waals surface area contributed by atoms with Gasteiger partial charge in [-0.25, -0.2) is 4.79 Å². The van der Waals surface area contributed by atoms with Gasteiger partial charge in [-0.15, -0.1) is 0 Å². The second kappa shape index (κ2) is 6.38. The minimum absolute atomic E-state index is 0.100. The maximum Gasteiger partial charge on any atom is 0.412 e. The van der Waals surface area contributed by atoms with Crippen LogP contribution in [0.5, 0.6) is 0 Å². The Bertz CT molecular complexity index is 267. The average Bonchev–Trinajstić information content (AvgIpc) is 2.25. The maximum absolute atomic E-state index is 12.1. The number of rotatable bonds is 3. The first-order valence-corrected chi connectivity index (χ1v) is 6.50. The van der Waals surface area contributed by atoms with E-state index in [0.29, 0.717) is 0 Å². The molecule has 1 saturated carbocycles.